The van der Waals surface area contributed by atoms with E-state index in [1.165, 1.54) is 0 Å². The Bertz CT molecular complexity index is 1080. The number of anilines is 2. The minimum Gasteiger partial charge on any atom is -0.305 e. The molecule has 0 saturated heterocycles. The monoisotopic (exact) mass is 510 g/mol. The smallest absolute Gasteiger partial charge is 0.259 e. The summed E-state index contributed by atoms with van der Waals surface area (Å²) in [6.45, 7) is 3.66. The average Bonchev–Trinajstić information content (AvgIpc) is 2.74. The van der Waals surface area contributed by atoms with E-state index in [2.05, 4.69) is 29.5 Å². The highest BCUT2D eigenvalue weighted by atomic mass is 127. The van der Waals surface area contributed by atoms with E-state index in [1.54, 1.807) is 6.92 Å². The van der Waals surface area contributed by atoms with Crippen LogP contribution in [0.25, 0.3) is 0 Å². The zero-order valence-electron chi connectivity index (χ0n) is 17.0. The largest absolute Gasteiger partial charge is 0.305 e. The van der Waals surface area contributed by atoms with Crippen LogP contribution in [0.1, 0.15) is 42.2 Å². The predicted octanol–water partition coefficient (Wildman–Crippen LogP) is 5.82. The van der Waals surface area contributed by atoms with Gasteiger partial charge in [-0.25, -0.2) is 0 Å². The first-order valence-corrected chi connectivity index (χ1v) is 11.1. The molecule has 3 aromatic rings. The fourth-order valence-electron chi connectivity index (χ4n) is 4.27. The molecule has 30 heavy (non-hydrogen) atoms. The van der Waals surface area contributed by atoms with Gasteiger partial charge in [-0.1, -0.05) is 48.5 Å². The molecule has 0 unspecified atom stereocenters. The number of halogens is 1. The van der Waals surface area contributed by atoms with Crippen LogP contribution in [-0.2, 0) is 4.79 Å². The van der Waals surface area contributed by atoms with Crippen LogP contribution in [0.15, 0.2) is 78.9 Å². The molecule has 1 aliphatic heterocycles. The summed E-state index contributed by atoms with van der Waals surface area (Å²) < 4.78 is 0.932. The SMILES string of the molecule is CC(=O)N(c1ccccc1)[C@H]1C[C@@H](C)N(C(=O)c2ccccc2I)c2ccccc21. The molecule has 1 aliphatic rings. The summed E-state index contributed by atoms with van der Waals surface area (Å²) in [5, 5.41) is 0. The maximum atomic E-state index is 13.5. The summed E-state index contributed by atoms with van der Waals surface area (Å²) in [4.78, 5) is 29.9. The quantitative estimate of drug-likeness (QED) is 0.417. The number of fused-ring (bicyclic) bond motifs is 1. The Morgan fingerprint density at radius 2 is 1.57 bits per heavy atom. The Balaban J connectivity index is 1.80. The summed E-state index contributed by atoms with van der Waals surface area (Å²) in [6.07, 6.45) is 0.667. The molecule has 0 radical (unpaired) electrons. The van der Waals surface area contributed by atoms with Gasteiger partial charge in [0.25, 0.3) is 5.91 Å². The molecule has 5 heteroatoms. The minimum absolute atomic E-state index is 0.00696. The van der Waals surface area contributed by atoms with Gasteiger partial charge in [-0.15, -0.1) is 0 Å². The van der Waals surface area contributed by atoms with Crippen molar-refractivity contribution in [2.45, 2.75) is 32.4 Å². The van der Waals surface area contributed by atoms with Crippen LogP contribution in [0.3, 0.4) is 0 Å². The maximum Gasteiger partial charge on any atom is 0.259 e. The van der Waals surface area contributed by atoms with Gasteiger partial charge >= 0.3 is 0 Å². The van der Waals surface area contributed by atoms with E-state index in [0.717, 1.165) is 20.5 Å². The molecule has 4 rings (SSSR count). The molecule has 0 bridgehead atoms. The predicted molar refractivity (Wildman–Crippen MR) is 129 cm³/mol. The highest BCUT2D eigenvalue weighted by molar-refractivity contribution is 14.1. The van der Waals surface area contributed by atoms with Crippen molar-refractivity contribution in [1.82, 2.24) is 0 Å². The first-order valence-electron chi connectivity index (χ1n) is 10.0. The van der Waals surface area contributed by atoms with Crippen molar-refractivity contribution in [3.8, 4) is 0 Å². The van der Waals surface area contributed by atoms with E-state index in [0.29, 0.717) is 12.0 Å². The molecule has 2 atom stereocenters. The van der Waals surface area contributed by atoms with E-state index in [9.17, 15) is 9.59 Å². The van der Waals surface area contributed by atoms with Gasteiger partial charge in [0, 0.05) is 27.9 Å². The van der Waals surface area contributed by atoms with Crippen LogP contribution in [-0.4, -0.2) is 17.9 Å². The molecule has 2 amide bonds. The van der Waals surface area contributed by atoms with Crippen LogP contribution >= 0.6 is 22.6 Å². The second-order valence-electron chi connectivity index (χ2n) is 7.54. The zero-order valence-corrected chi connectivity index (χ0v) is 19.1. The molecule has 0 fully saturated rings. The van der Waals surface area contributed by atoms with Crippen LogP contribution in [0.4, 0.5) is 11.4 Å². The van der Waals surface area contributed by atoms with Crippen molar-refractivity contribution in [2.24, 2.45) is 0 Å². The fraction of sp³-hybridized carbons (Fsp3) is 0.200. The first kappa shape index (κ1) is 20.6. The molecular formula is C25H23IN2O2. The lowest BCUT2D eigenvalue weighted by molar-refractivity contribution is -0.117. The lowest BCUT2D eigenvalue weighted by Gasteiger charge is -2.43. The molecule has 0 aromatic heterocycles. The third-order valence-corrected chi connectivity index (χ3v) is 6.51. The third-order valence-electron chi connectivity index (χ3n) is 5.57. The van der Waals surface area contributed by atoms with Crippen molar-refractivity contribution in [3.05, 3.63) is 93.6 Å². The van der Waals surface area contributed by atoms with Gasteiger partial charge in [0.15, 0.2) is 0 Å². The number of para-hydroxylation sites is 2. The zero-order chi connectivity index (χ0) is 21.3. The number of hydrogen-bond acceptors (Lipinski definition) is 2. The lowest BCUT2D eigenvalue weighted by Crippen LogP contribution is -2.47. The number of benzene rings is 3. The van der Waals surface area contributed by atoms with E-state index in [1.807, 2.05) is 88.7 Å². The molecule has 0 aliphatic carbocycles. The second-order valence-corrected chi connectivity index (χ2v) is 8.70. The van der Waals surface area contributed by atoms with E-state index < -0.39 is 0 Å². The van der Waals surface area contributed by atoms with Crippen molar-refractivity contribution >= 4 is 45.8 Å². The summed E-state index contributed by atoms with van der Waals surface area (Å²) in [7, 11) is 0. The normalized spacial score (nSPS) is 17.9. The molecular weight excluding hydrogens is 487 g/mol. The van der Waals surface area contributed by atoms with Crippen LogP contribution in [0, 0.1) is 3.57 Å². The fourth-order valence-corrected chi connectivity index (χ4v) is 4.89. The highest BCUT2D eigenvalue weighted by Crippen LogP contribution is 2.42. The van der Waals surface area contributed by atoms with E-state index >= 15 is 0 Å². The molecule has 4 nitrogen and oxygen atoms in total. The Morgan fingerprint density at radius 1 is 0.933 bits per heavy atom. The number of nitrogens with zero attached hydrogens (tertiary/aromatic N) is 2. The van der Waals surface area contributed by atoms with Gasteiger partial charge in [-0.05, 0) is 71.8 Å². The van der Waals surface area contributed by atoms with Crippen LogP contribution in [0.5, 0.6) is 0 Å². The van der Waals surface area contributed by atoms with Gasteiger partial charge in [0.05, 0.1) is 11.6 Å². The van der Waals surface area contributed by atoms with Gasteiger partial charge in [0.1, 0.15) is 0 Å². The molecule has 1 heterocycles. The van der Waals surface area contributed by atoms with E-state index in [4.69, 9.17) is 0 Å². The molecule has 152 valence electrons. The Labute approximate surface area is 190 Å². The number of amides is 2. The molecule has 0 N–H and O–H groups in total. The number of rotatable bonds is 3. The summed E-state index contributed by atoms with van der Waals surface area (Å²) in [6, 6.07) is 25.1. The van der Waals surface area contributed by atoms with Gasteiger partial charge in [-0.2, -0.15) is 0 Å². The van der Waals surface area contributed by atoms with Gasteiger partial charge < -0.3 is 9.80 Å². The Hall–Kier alpha value is -2.67. The summed E-state index contributed by atoms with van der Waals surface area (Å²) in [5.74, 6) is -0.0157. The van der Waals surface area contributed by atoms with Crippen molar-refractivity contribution in [1.29, 1.82) is 0 Å². The third kappa shape index (κ3) is 3.74. The summed E-state index contributed by atoms with van der Waals surface area (Å²) in [5.41, 5.74) is 3.43. The molecule has 0 saturated carbocycles. The van der Waals surface area contributed by atoms with Crippen molar-refractivity contribution in [3.63, 3.8) is 0 Å². The number of carbonyl (C=O) groups excluding carboxylic acids is 2. The summed E-state index contributed by atoms with van der Waals surface area (Å²) >= 11 is 2.21. The number of carbonyl (C=O) groups is 2. The topological polar surface area (TPSA) is 40.6 Å². The van der Waals surface area contributed by atoms with Gasteiger partial charge in [0.2, 0.25) is 5.91 Å². The molecule has 3 aromatic carbocycles. The average molecular weight is 510 g/mol. The standard InChI is InChI=1S/C25H23IN2O2/c1-17-16-24(28(18(2)29)19-10-4-3-5-11-19)21-13-7-9-15-23(21)27(17)25(30)20-12-6-8-14-22(20)26/h3-15,17,24H,16H2,1-2H3/t17-,24+/m1/s1. The minimum atomic E-state index is -0.130. The maximum absolute atomic E-state index is 13.5. The Morgan fingerprint density at radius 3 is 2.27 bits per heavy atom. The van der Waals surface area contributed by atoms with Crippen molar-refractivity contribution < 1.29 is 9.59 Å². The molecule has 0 spiro atoms. The highest BCUT2D eigenvalue weighted by Gasteiger charge is 2.38. The van der Waals surface area contributed by atoms with Gasteiger partial charge in [-0.3, -0.25) is 9.59 Å². The van der Waals surface area contributed by atoms with Crippen molar-refractivity contribution in [2.75, 3.05) is 9.80 Å². The Kier molecular flexibility index (Phi) is 5.90. The first-order chi connectivity index (χ1) is 14.5. The second kappa shape index (κ2) is 8.60. The number of hydrogen-bond donors (Lipinski definition) is 0. The van der Waals surface area contributed by atoms with E-state index in [-0.39, 0.29) is 23.9 Å². The lowest BCUT2D eigenvalue weighted by atomic mass is 9.89. The van der Waals surface area contributed by atoms with Crippen LogP contribution < -0.4 is 9.80 Å². The van der Waals surface area contributed by atoms with Crippen LogP contribution in [0.2, 0.25) is 0 Å².